The molecule has 0 aliphatic rings. The molecule has 0 atom stereocenters. The van der Waals surface area contributed by atoms with E-state index in [9.17, 15) is 0 Å². The van der Waals surface area contributed by atoms with Gasteiger partial charge in [-0.2, -0.15) is 0 Å². The van der Waals surface area contributed by atoms with Crippen LogP contribution >= 0.6 is 11.3 Å². The van der Waals surface area contributed by atoms with Crippen molar-refractivity contribution in [3.63, 3.8) is 0 Å². The number of para-hydroxylation sites is 2. The quantitative estimate of drug-likeness (QED) is 0.156. The van der Waals surface area contributed by atoms with Crippen molar-refractivity contribution in [2.45, 2.75) is 34.5 Å². The van der Waals surface area contributed by atoms with E-state index in [0.29, 0.717) is 11.3 Å². The van der Waals surface area contributed by atoms with Gasteiger partial charge in [0.2, 0.25) is 0 Å². The molecule has 3 nitrogen and oxygen atoms in total. The van der Waals surface area contributed by atoms with Gasteiger partial charge in [0.25, 0.3) is 0 Å². The molecule has 0 saturated heterocycles. The first-order valence-corrected chi connectivity index (χ1v) is 18.9. The Morgan fingerprint density at radius 1 is 0.750 bits per heavy atom. The van der Waals surface area contributed by atoms with E-state index in [0.717, 1.165) is 28.1 Å². The maximum atomic E-state index is 7.28. The Hall–Kier alpha value is -5.71. The van der Waals surface area contributed by atoms with Crippen LogP contribution < -0.4 is 0 Å². The third-order valence-electron chi connectivity index (χ3n) is 9.68. The number of hydrogen-bond donors (Lipinski definition) is 0. The van der Waals surface area contributed by atoms with E-state index >= 15 is 0 Å². The van der Waals surface area contributed by atoms with Crippen molar-refractivity contribution in [1.82, 2.24) is 14.5 Å². The molecule has 0 N–H and O–H groups in total. The second kappa shape index (κ2) is 17.0. The number of allylic oxidation sites excluding steroid dienone is 2. The van der Waals surface area contributed by atoms with Crippen molar-refractivity contribution >= 4 is 38.0 Å². The molecule has 3 heterocycles. The van der Waals surface area contributed by atoms with Crippen molar-refractivity contribution in [2.24, 2.45) is 0 Å². The molecule has 277 valence electrons. The van der Waals surface area contributed by atoms with Gasteiger partial charge >= 0.3 is 0 Å². The van der Waals surface area contributed by atoms with Crippen LogP contribution in [-0.2, 0) is 20.1 Å². The maximum Gasteiger partial charge on any atom is 0.0774 e. The van der Waals surface area contributed by atoms with Crippen molar-refractivity contribution in [2.75, 3.05) is 0 Å². The Bertz CT molecular complexity index is 2890. The zero-order valence-corrected chi connectivity index (χ0v) is 34.3. The van der Waals surface area contributed by atoms with Gasteiger partial charge in [0.1, 0.15) is 0 Å². The Morgan fingerprint density at radius 3 is 2.05 bits per heavy atom. The van der Waals surface area contributed by atoms with Crippen LogP contribution in [0.2, 0.25) is 0 Å². The third-order valence-corrected chi connectivity index (χ3v) is 10.6. The van der Waals surface area contributed by atoms with Crippen LogP contribution in [0.25, 0.3) is 77.3 Å². The first kappa shape index (κ1) is 31.5. The fraction of sp³-hybridized carbons (Fsp3) is 0.0980. The Balaban J connectivity index is 0.000000233. The standard InChI is InChI=1S/C38H29N2S.C13H12N.Ir/c1-4-26(3)29-19-20-36-32(23-29)33(24-41-36)38-39-34-17-11-12-18-35(34)40(38)37-30(27-13-7-5-8-14-27)21-25(2)22-31(37)28-15-9-6-10-16-28;1-10-3-6-12(7-4-10)13-8-5-11(2)9-14-13;/h4-23H,1-3H3;3-6,8-9H,1-2H3;/q2*-1;/b26-4-;;/i;1D3,2D3;. The summed E-state index contributed by atoms with van der Waals surface area (Å²) in [6, 6.07) is 51.6. The van der Waals surface area contributed by atoms with Crippen LogP contribution in [-0.4, -0.2) is 14.5 Å². The summed E-state index contributed by atoms with van der Waals surface area (Å²) in [5.74, 6) is 0.908. The average molecular weight is 926 g/mol. The molecule has 9 aromatic rings. The van der Waals surface area contributed by atoms with Crippen molar-refractivity contribution in [3.05, 3.63) is 192 Å². The van der Waals surface area contributed by atoms with Gasteiger partial charge in [-0.25, -0.2) is 0 Å². The van der Waals surface area contributed by atoms with Crippen molar-refractivity contribution < 1.29 is 28.3 Å². The van der Waals surface area contributed by atoms with E-state index < -0.39 is 13.7 Å². The van der Waals surface area contributed by atoms with Crippen LogP contribution in [0.5, 0.6) is 0 Å². The number of pyridine rings is 1. The van der Waals surface area contributed by atoms with Crippen LogP contribution in [0, 0.1) is 32.1 Å². The molecule has 0 saturated carbocycles. The number of aryl methyl sites for hydroxylation is 3. The van der Waals surface area contributed by atoms with E-state index in [1.54, 1.807) is 23.5 Å². The van der Waals surface area contributed by atoms with Crippen LogP contribution in [0.4, 0.5) is 0 Å². The molecule has 0 unspecified atom stereocenters. The number of aromatic nitrogens is 3. The summed E-state index contributed by atoms with van der Waals surface area (Å²) in [6.07, 6.45) is 3.46. The molecule has 0 bridgehead atoms. The Labute approximate surface area is 355 Å². The van der Waals surface area contributed by atoms with E-state index in [-0.39, 0.29) is 31.2 Å². The number of benzene rings is 6. The van der Waals surface area contributed by atoms with E-state index in [1.165, 1.54) is 73.4 Å². The summed E-state index contributed by atoms with van der Waals surface area (Å²) >= 11 is 1.66. The first-order chi connectivity index (χ1) is 29.3. The van der Waals surface area contributed by atoms with Gasteiger partial charge in [0.05, 0.1) is 22.5 Å². The van der Waals surface area contributed by atoms with E-state index in [2.05, 4.69) is 163 Å². The van der Waals surface area contributed by atoms with Crippen LogP contribution in [0.3, 0.4) is 0 Å². The number of imidazole rings is 1. The second-order valence-corrected chi connectivity index (χ2v) is 14.2. The smallest absolute Gasteiger partial charge is 0.0774 e. The molecule has 1 radical (unpaired) electrons. The van der Waals surface area contributed by atoms with E-state index in [1.807, 2.05) is 0 Å². The summed E-state index contributed by atoms with van der Waals surface area (Å²) < 4.78 is 47.2. The van der Waals surface area contributed by atoms with Crippen molar-refractivity contribution in [3.8, 4) is 50.6 Å². The minimum atomic E-state index is -2.18. The van der Waals surface area contributed by atoms with Gasteiger partial charge in [0, 0.05) is 45.7 Å². The summed E-state index contributed by atoms with van der Waals surface area (Å²) in [4.78, 5) is 9.37. The SMILES string of the molecule is C/C=C(/C)c1ccc2s[c-]c(-c3nc4ccccc4n3-c3c(-c4ccccc4)cc(C)cc3-c3ccccc3)c2c1.[2H]C([2H])([2H])c1c[c-]c(-c2ccc(C([2H])([2H])[2H])cn2)cc1.[Ir]. The molecule has 0 aliphatic carbocycles. The molecular formula is C51H41IrN3S-2. The van der Waals surface area contributed by atoms with Crippen LogP contribution in [0.15, 0.2) is 158 Å². The predicted octanol–water partition coefficient (Wildman–Crippen LogP) is 13.9. The number of fused-ring (bicyclic) bond motifs is 2. The molecule has 9 rings (SSSR count). The predicted molar refractivity (Wildman–Crippen MR) is 234 cm³/mol. The topological polar surface area (TPSA) is 30.7 Å². The summed E-state index contributed by atoms with van der Waals surface area (Å²) in [5.41, 5.74) is 14.2. The zero-order chi connectivity index (χ0) is 42.9. The minimum absolute atomic E-state index is 0. The molecular weight excluding hydrogens is 879 g/mol. The molecule has 0 aliphatic heterocycles. The monoisotopic (exact) mass is 926 g/mol. The van der Waals surface area contributed by atoms with Gasteiger partial charge in [-0.05, 0) is 91.0 Å². The number of nitrogens with zero attached hydrogens (tertiary/aromatic N) is 3. The fourth-order valence-corrected chi connectivity index (χ4v) is 7.63. The van der Waals surface area contributed by atoms with E-state index in [4.69, 9.17) is 13.2 Å². The zero-order valence-electron chi connectivity index (χ0n) is 37.1. The van der Waals surface area contributed by atoms with Gasteiger partial charge in [-0.1, -0.05) is 132 Å². The number of thiophene rings is 1. The summed E-state index contributed by atoms with van der Waals surface area (Å²) in [7, 11) is 0. The fourth-order valence-electron chi connectivity index (χ4n) is 6.81. The molecule has 6 aromatic carbocycles. The largest absolute Gasteiger partial charge is 0.332 e. The third kappa shape index (κ3) is 7.85. The Morgan fingerprint density at radius 2 is 1.43 bits per heavy atom. The summed E-state index contributed by atoms with van der Waals surface area (Å²) in [6.45, 7) is 2.10. The average Bonchev–Trinajstić information content (AvgIpc) is 3.87. The molecule has 0 fully saturated rings. The molecule has 5 heteroatoms. The molecule has 3 aromatic heterocycles. The second-order valence-electron chi connectivity index (χ2n) is 13.4. The van der Waals surface area contributed by atoms with Crippen molar-refractivity contribution in [1.29, 1.82) is 0 Å². The maximum absolute atomic E-state index is 7.28. The number of hydrogen-bond acceptors (Lipinski definition) is 3. The van der Waals surface area contributed by atoms with Gasteiger partial charge in [-0.15, -0.1) is 40.8 Å². The number of rotatable bonds is 6. The van der Waals surface area contributed by atoms with Gasteiger partial charge < -0.3 is 9.55 Å². The van der Waals surface area contributed by atoms with Gasteiger partial charge in [0.15, 0.2) is 0 Å². The molecule has 0 spiro atoms. The minimum Gasteiger partial charge on any atom is -0.332 e. The molecule has 56 heavy (non-hydrogen) atoms. The van der Waals surface area contributed by atoms with Gasteiger partial charge in [-0.3, -0.25) is 16.3 Å². The Kier molecular flexibility index (Phi) is 9.54. The first-order valence-electron chi connectivity index (χ1n) is 21.1. The van der Waals surface area contributed by atoms with Crippen LogP contribution in [0.1, 0.15) is 44.3 Å². The summed E-state index contributed by atoms with van der Waals surface area (Å²) in [5, 5.41) is 4.83. The normalized spacial score (nSPS) is 13.3. The molecule has 0 amide bonds.